The Bertz CT molecular complexity index is 677. The summed E-state index contributed by atoms with van der Waals surface area (Å²) in [5.41, 5.74) is 0.454. The second kappa shape index (κ2) is 7.66. The maximum absolute atomic E-state index is 12.9. The molecule has 0 heterocycles. The third kappa shape index (κ3) is 4.16. The fourth-order valence-corrected chi connectivity index (χ4v) is 4.35. The molecule has 0 aromatic heterocycles. The number of rotatable bonds is 8. The van der Waals surface area contributed by atoms with E-state index in [-0.39, 0.29) is 10.8 Å². The van der Waals surface area contributed by atoms with Crippen LogP contribution in [-0.2, 0) is 10.0 Å². The van der Waals surface area contributed by atoms with E-state index in [0.29, 0.717) is 37.2 Å². The number of benzene rings is 1. The molecule has 1 aromatic rings. The number of hydrogen-bond acceptors (Lipinski definition) is 3. The quantitative estimate of drug-likeness (QED) is 0.723. The van der Waals surface area contributed by atoms with E-state index >= 15 is 0 Å². The summed E-state index contributed by atoms with van der Waals surface area (Å²) in [6, 6.07) is 6.76. The highest BCUT2D eigenvalue weighted by atomic mass is 32.2. The summed E-state index contributed by atoms with van der Waals surface area (Å²) >= 11 is 0. The van der Waals surface area contributed by atoms with Crippen LogP contribution in [0.3, 0.4) is 0 Å². The first kappa shape index (κ1) is 18.9. The normalized spacial score (nSPS) is 15.1. The van der Waals surface area contributed by atoms with Crippen molar-refractivity contribution in [3.05, 3.63) is 29.8 Å². The van der Waals surface area contributed by atoms with E-state index in [1.54, 1.807) is 18.2 Å². The molecule has 0 atom stereocenters. The van der Waals surface area contributed by atoms with Gasteiger partial charge in [-0.15, -0.1) is 0 Å². The number of carbonyl (C=O) groups is 1. The minimum atomic E-state index is -3.55. The van der Waals surface area contributed by atoms with Gasteiger partial charge >= 0.3 is 0 Å². The third-order valence-electron chi connectivity index (χ3n) is 4.23. The SMILES string of the molecule is CCN(CC)S(=O)(=O)c1cccc(C(=O)N(CC(C)C)C2CC2)c1. The predicted octanol–water partition coefficient (Wildman–Crippen LogP) is 2.98. The minimum absolute atomic E-state index is 0.0669. The van der Waals surface area contributed by atoms with Crippen LogP contribution in [0.4, 0.5) is 0 Å². The van der Waals surface area contributed by atoms with Gasteiger partial charge in [0.25, 0.3) is 5.91 Å². The molecule has 24 heavy (non-hydrogen) atoms. The number of sulfonamides is 1. The minimum Gasteiger partial charge on any atom is -0.335 e. The highest BCUT2D eigenvalue weighted by Gasteiger charge is 2.33. The molecule has 1 amide bonds. The fourth-order valence-electron chi connectivity index (χ4n) is 2.85. The van der Waals surface area contributed by atoms with E-state index in [1.807, 2.05) is 18.7 Å². The zero-order valence-electron chi connectivity index (χ0n) is 15.0. The molecule has 1 aliphatic rings. The largest absolute Gasteiger partial charge is 0.335 e. The van der Waals surface area contributed by atoms with Gasteiger partial charge in [-0.25, -0.2) is 8.42 Å². The maximum atomic E-state index is 12.9. The Kier molecular flexibility index (Phi) is 6.04. The van der Waals surface area contributed by atoms with Gasteiger partial charge in [0.05, 0.1) is 4.90 Å². The maximum Gasteiger partial charge on any atom is 0.254 e. The number of nitrogens with zero attached hydrogens (tertiary/aromatic N) is 2. The van der Waals surface area contributed by atoms with Crippen molar-refractivity contribution < 1.29 is 13.2 Å². The first-order valence-corrected chi connectivity index (χ1v) is 10.2. The van der Waals surface area contributed by atoms with Crippen LogP contribution >= 0.6 is 0 Å². The fraction of sp³-hybridized carbons (Fsp3) is 0.611. The summed E-state index contributed by atoms with van der Waals surface area (Å²) in [5, 5.41) is 0. The molecule has 6 heteroatoms. The highest BCUT2D eigenvalue weighted by molar-refractivity contribution is 7.89. The van der Waals surface area contributed by atoms with Crippen molar-refractivity contribution >= 4 is 15.9 Å². The van der Waals surface area contributed by atoms with E-state index in [2.05, 4.69) is 13.8 Å². The second-order valence-corrected chi connectivity index (χ2v) is 8.64. The van der Waals surface area contributed by atoms with Gasteiger partial charge in [0.2, 0.25) is 10.0 Å². The topological polar surface area (TPSA) is 57.7 Å². The van der Waals surface area contributed by atoms with E-state index in [9.17, 15) is 13.2 Å². The molecule has 5 nitrogen and oxygen atoms in total. The van der Waals surface area contributed by atoms with Crippen molar-refractivity contribution in [1.82, 2.24) is 9.21 Å². The third-order valence-corrected chi connectivity index (χ3v) is 6.28. The van der Waals surface area contributed by atoms with Crippen molar-refractivity contribution in [2.75, 3.05) is 19.6 Å². The Morgan fingerprint density at radius 1 is 1.21 bits per heavy atom. The van der Waals surface area contributed by atoms with Crippen molar-refractivity contribution in [2.45, 2.75) is 51.5 Å². The lowest BCUT2D eigenvalue weighted by Crippen LogP contribution is -2.36. The summed E-state index contributed by atoms with van der Waals surface area (Å²) in [7, 11) is -3.55. The molecule has 1 saturated carbocycles. The van der Waals surface area contributed by atoms with E-state index in [0.717, 1.165) is 12.8 Å². The zero-order chi connectivity index (χ0) is 17.9. The Hall–Kier alpha value is -1.40. The standard InChI is InChI=1S/C18H28N2O3S/c1-5-19(6-2)24(22,23)17-9-7-8-15(12-17)18(21)20(13-14(3)4)16-10-11-16/h7-9,12,14,16H,5-6,10-11,13H2,1-4H3. The van der Waals surface area contributed by atoms with Gasteiger partial charge in [-0.05, 0) is 37.0 Å². The number of hydrogen-bond donors (Lipinski definition) is 0. The van der Waals surface area contributed by atoms with Crippen LogP contribution in [0.25, 0.3) is 0 Å². The van der Waals surface area contributed by atoms with Crippen LogP contribution in [0.1, 0.15) is 50.9 Å². The molecule has 1 fully saturated rings. The molecule has 0 N–H and O–H groups in total. The van der Waals surface area contributed by atoms with E-state index in [1.165, 1.54) is 10.4 Å². The van der Waals surface area contributed by atoms with Crippen molar-refractivity contribution in [3.63, 3.8) is 0 Å². The predicted molar refractivity (Wildman–Crippen MR) is 95.4 cm³/mol. The van der Waals surface area contributed by atoms with Gasteiger partial charge < -0.3 is 4.90 Å². The van der Waals surface area contributed by atoms with E-state index < -0.39 is 10.0 Å². The van der Waals surface area contributed by atoms with E-state index in [4.69, 9.17) is 0 Å². The molecule has 0 radical (unpaired) electrons. The van der Waals surface area contributed by atoms with Crippen LogP contribution in [0.2, 0.25) is 0 Å². The molecule has 0 bridgehead atoms. The lowest BCUT2D eigenvalue weighted by atomic mass is 10.1. The Labute approximate surface area is 145 Å². The Balaban J connectivity index is 2.31. The molecule has 0 unspecified atom stereocenters. The highest BCUT2D eigenvalue weighted by Crippen LogP contribution is 2.29. The van der Waals surface area contributed by atoms with Gasteiger partial charge in [0, 0.05) is 31.2 Å². The van der Waals surface area contributed by atoms with Gasteiger partial charge in [-0.3, -0.25) is 4.79 Å². The summed E-state index contributed by atoms with van der Waals surface area (Å²) in [6.07, 6.45) is 2.08. The first-order valence-electron chi connectivity index (χ1n) is 8.72. The number of carbonyl (C=O) groups excluding carboxylic acids is 1. The second-order valence-electron chi connectivity index (χ2n) is 6.70. The molecule has 0 spiro atoms. The lowest BCUT2D eigenvalue weighted by Gasteiger charge is -2.25. The molecule has 134 valence electrons. The zero-order valence-corrected chi connectivity index (χ0v) is 15.8. The molecule has 1 aromatic carbocycles. The van der Waals surface area contributed by atoms with Gasteiger partial charge in [-0.1, -0.05) is 33.8 Å². The van der Waals surface area contributed by atoms with Crippen molar-refractivity contribution in [1.29, 1.82) is 0 Å². The van der Waals surface area contributed by atoms with Crippen LogP contribution in [0, 0.1) is 5.92 Å². The van der Waals surface area contributed by atoms with Gasteiger partial charge in [0.1, 0.15) is 0 Å². The molecular weight excluding hydrogens is 324 g/mol. The van der Waals surface area contributed by atoms with Crippen molar-refractivity contribution in [2.24, 2.45) is 5.92 Å². The lowest BCUT2D eigenvalue weighted by molar-refractivity contribution is 0.0722. The summed E-state index contributed by atoms with van der Waals surface area (Å²) in [5.74, 6) is 0.319. The van der Waals surface area contributed by atoms with Crippen LogP contribution in [0.5, 0.6) is 0 Å². The summed E-state index contributed by atoms with van der Waals surface area (Å²) < 4.78 is 26.7. The molecule has 2 rings (SSSR count). The molecular formula is C18H28N2O3S. The average Bonchev–Trinajstić information content (AvgIpc) is 3.37. The van der Waals surface area contributed by atoms with Gasteiger partial charge in [0.15, 0.2) is 0 Å². The molecule has 1 aliphatic carbocycles. The average molecular weight is 353 g/mol. The summed E-state index contributed by atoms with van der Waals surface area (Å²) in [6.45, 7) is 9.34. The Morgan fingerprint density at radius 2 is 1.83 bits per heavy atom. The molecule has 0 saturated heterocycles. The van der Waals surface area contributed by atoms with Gasteiger partial charge in [-0.2, -0.15) is 4.31 Å². The van der Waals surface area contributed by atoms with Crippen LogP contribution < -0.4 is 0 Å². The molecule has 0 aliphatic heterocycles. The summed E-state index contributed by atoms with van der Waals surface area (Å²) in [4.78, 5) is 15.0. The monoisotopic (exact) mass is 352 g/mol. The van der Waals surface area contributed by atoms with Crippen LogP contribution in [0.15, 0.2) is 29.2 Å². The van der Waals surface area contributed by atoms with Crippen LogP contribution in [-0.4, -0.2) is 49.2 Å². The smallest absolute Gasteiger partial charge is 0.254 e. The Morgan fingerprint density at radius 3 is 2.33 bits per heavy atom. The number of amides is 1. The van der Waals surface area contributed by atoms with Crippen molar-refractivity contribution in [3.8, 4) is 0 Å². The first-order chi connectivity index (χ1) is 11.3.